The summed E-state index contributed by atoms with van der Waals surface area (Å²) in [4.78, 5) is 36.8. The van der Waals surface area contributed by atoms with Gasteiger partial charge >= 0.3 is 51.4 Å². The van der Waals surface area contributed by atoms with Crippen LogP contribution in [0.25, 0.3) is 89.7 Å². The van der Waals surface area contributed by atoms with Crippen molar-refractivity contribution in [1.29, 1.82) is 0 Å². The summed E-state index contributed by atoms with van der Waals surface area (Å²) in [5.74, 6) is 2.39. The maximum Gasteiger partial charge on any atom is 0.164 e. The van der Waals surface area contributed by atoms with Crippen molar-refractivity contribution in [3.8, 4) is 45.6 Å². The van der Waals surface area contributed by atoms with Gasteiger partial charge in [-0.2, -0.15) is 0 Å². The van der Waals surface area contributed by atoms with Crippen LogP contribution in [0.15, 0.2) is 97.1 Å². The van der Waals surface area contributed by atoms with Gasteiger partial charge in [-0.15, -0.1) is 0 Å². The van der Waals surface area contributed by atoms with Crippen LogP contribution in [0.2, 0.25) is 0 Å². The molecule has 0 atom stereocenters. The molecule has 0 saturated carbocycles. The Balaban J connectivity index is 0.00000144. The quantitative estimate of drug-likeness (QED) is 0.197. The standard InChI is InChI=1S/C32H18N8.Co.K.H/c1-2-10-18-17(9-1)25-33-26(18)38-28-21-13-5-6-14-22(21)30(35-28)40-32-24-16-8-7-15-23(24)31(36-32)39-29-20-12-4-3-11-19(20)27(34-29)37-25;;;/h1-16H,(H2,33,34,35,36,37,38,39,40);;;. The molecule has 3 aromatic heterocycles. The van der Waals surface area contributed by atoms with Crippen LogP contribution in [-0.2, 0) is 16.8 Å². The van der Waals surface area contributed by atoms with Crippen molar-refractivity contribution in [2.75, 3.05) is 0 Å². The van der Waals surface area contributed by atoms with Crippen molar-refractivity contribution in [1.82, 2.24) is 39.9 Å². The van der Waals surface area contributed by atoms with E-state index in [1.807, 2.05) is 97.1 Å². The van der Waals surface area contributed by atoms with Crippen LogP contribution in [0.3, 0.4) is 0 Å². The number of benzene rings is 4. The Morgan fingerprint density at radius 3 is 0.833 bits per heavy atom. The Morgan fingerprint density at radius 2 is 0.571 bits per heavy atom. The molecule has 0 saturated heterocycles. The Bertz CT molecular complexity index is 2040. The Morgan fingerprint density at radius 1 is 0.333 bits per heavy atom. The molecule has 197 valence electrons. The average Bonchev–Trinajstić information content (AvgIpc) is 3.73. The number of H-pyrrole nitrogens is 2. The Hall–Kier alpha value is -3.62. The van der Waals surface area contributed by atoms with E-state index in [4.69, 9.17) is 29.9 Å². The van der Waals surface area contributed by atoms with E-state index in [1.165, 1.54) is 0 Å². The molecule has 9 rings (SSSR count). The normalized spacial score (nSPS) is 11.4. The van der Waals surface area contributed by atoms with Crippen molar-refractivity contribution in [2.45, 2.75) is 0 Å². The van der Waals surface area contributed by atoms with Crippen molar-refractivity contribution in [3.63, 3.8) is 0 Å². The fourth-order valence-corrected chi connectivity index (χ4v) is 5.59. The molecule has 2 aliphatic heterocycles. The predicted molar refractivity (Wildman–Crippen MR) is 163 cm³/mol. The van der Waals surface area contributed by atoms with Crippen molar-refractivity contribution < 1.29 is 16.8 Å². The van der Waals surface area contributed by atoms with Gasteiger partial charge in [-0.05, 0) is 0 Å². The minimum absolute atomic E-state index is 0. The van der Waals surface area contributed by atoms with Gasteiger partial charge in [0.05, 0.1) is 0 Å². The molecule has 0 aliphatic carbocycles. The van der Waals surface area contributed by atoms with Crippen molar-refractivity contribution in [2.24, 2.45) is 0 Å². The number of aromatic amines is 2. The third-order valence-electron chi connectivity index (χ3n) is 7.46. The minimum Gasteiger partial charge on any atom is -0.324 e. The van der Waals surface area contributed by atoms with Crippen LogP contribution in [0.5, 0.6) is 0 Å². The van der Waals surface area contributed by atoms with Gasteiger partial charge in [0.2, 0.25) is 0 Å². The van der Waals surface area contributed by atoms with Crippen LogP contribution in [-0.4, -0.2) is 91.3 Å². The molecular weight excluding hydrogens is 594 g/mol. The predicted octanol–water partition coefficient (Wildman–Crippen LogP) is 6.22. The largest absolute Gasteiger partial charge is 0.324 e. The topological polar surface area (TPSA) is 109 Å². The van der Waals surface area contributed by atoms with Gasteiger partial charge in [-0.25, -0.2) is 29.9 Å². The van der Waals surface area contributed by atoms with Gasteiger partial charge in [0.1, 0.15) is 22.6 Å². The van der Waals surface area contributed by atoms with Gasteiger partial charge < -0.3 is 9.97 Å². The van der Waals surface area contributed by atoms with Crippen LogP contribution < -0.4 is 0 Å². The average molecular weight is 614 g/mol. The van der Waals surface area contributed by atoms with Gasteiger partial charge in [0.25, 0.3) is 0 Å². The molecule has 0 spiro atoms. The zero-order valence-corrected chi connectivity index (χ0v) is 22.3. The first-order valence-corrected chi connectivity index (χ1v) is 13.0. The zero-order chi connectivity index (χ0) is 26.2. The first-order chi connectivity index (χ1) is 19.8. The van der Waals surface area contributed by atoms with Gasteiger partial charge in [-0.1, -0.05) is 97.1 Å². The van der Waals surface area contributed by atoms with E-state index in [9.17, 15) is 0 Å². The van der Waals surface area contributed by atoms with Crippen molar-refractivity contribution in [3.05, 3.63) is 97.1 Å². The first-order valence-electron chi connectivity index (χ1n) is 13.0. The molecule has 0 unspecified atom stereocenters. The third-order valence-corrected chi connectivity index (χ3v) is 7.46. The number of hydrogen-bond donors (Lipinski definition) is 2. The van der Waals surface area contributed by atoms with Crippen LogP contribution in [0, 0.1) is 0 Å². The van der Waals surface area contributed by atoms with E-state index < -0.39 is 0 Å². The summed E-state index contributed by atoms with van der Waals surface area (Å²) in [6.07, 6.45) is 0. The summed E-state index contributed by atoms with van der Waals surface area (Å²) in [7, 11) is 0. The molecule has 2 N–H and O–H groups in total. The van der Waals surface area contributed by atoms with Crippen LogP contribution in [0.1, 0.15) is 0 Å². The fraction of sp³-hybridized carbons (Fsp3) is 0. The van der Waals surface area contributed by atoms with E-state index in [0.717, 1.165) is 43.8 Å². The molecule has 0 fully saturated rings. The molecule has 42 heavy (non-hydrogen) atoms. The molecule has 5 heterocycles. The Labute approximate surface area is 291 Å². The molecule has 4 aromatic carbocycles. The second-order valence-corrected chi connectivity index (χ2v) is 9.79. The number of aromatic nitrogens is 8. The summed E-state index contributed by atoms with van der Waals surface area (Å²) in [5, 5.41) is 3.82. The maximum atomic E-state index is 5.02. The van der Waals surface area contributed by atoms with E-state index >= 15 is 0 Å². The molecule has 8 bridgehead atoms. The molecule has 8 nitrogen and oxygen atoms in total. The smallest absolute Gasteiger partial charge is 0.164 e. The summed E-state index contributed by atoms with van der Waals surface area (Å²) in [5.41, 5.74) is 6.45. The number of fused-ring (bicyclic) bond motifs is 20. The zero-order valence-electron chi connectivity index (χ0n) is 21.3. The molecule has 2 aliphatic rings. The summed E-state index contributed by atoms with van der Waals surface area (Å²) in [6, 6.07) is 32.2. The van der Waals surface area contributed by atoms with Gasteiger partial charge in [0.15, 0.2) is 23.3 Å². The van der Waals surface area contributed by atoms with E-state index in [0.29, 0.717) is 45.9 Å². The maximum absolute atomic E-state index is 5.02. The fourth-order valence-electron chi connectivity index (χ4n) is 5.59. The number of nitrogens with one attached hydrogen (secondary N) is 2. The number of hydrogen-bond acceptors (Lipinski definition) is 6. The van der Waals surface area contributed by atoms with E-state index in [-0.39, 0.29) is 68.2 Å². The molecule has 0 amide bonds. The first kappa shape index (κ1) is 27.2. The van der Waals surface area contributed by atoms with Gasteiger partial charge in [0, 0.05) is 60.6 Å². The molecule has 1 radical (unpaired) electrons. The number of rotatable bonds is 0. The molecule has 7 aromatic rings. The summed E-state index contributed by atoms with van der Waals surface area (Å²) in [6.45, 7) is 0. The SMILES string of the molecule is [Co].[KH].c1ccc2c(c1)-c1nc-2nc2[nH]c(nc3nc(nc4[nH]c(n1)c1ccccc41)-c1ccccc1-3)c1ccccc21. The number of nitrogens with zero attached hydrogens (tertiary/aromatic N) is 6. The van der Waals surface area contributed by atoms with Crippen LogP contribution in [0.4, 0.5) is 0 Å². The minimum atomic E-state index is 0. The molecule has 10 heteroatoms. The molecular formula is C32H19CoKN8. The monoisotopic (exact) mass is 613 g/mol. The van der Waals surface area contributed by atoms with Gasteiger partial charge in [-0.3, -0.25) is 0 Å². The third kappa shape index (κ3) is 4.18. The second kappa shape index (κ2) is 10.6. The second-order valence-electron chi connectivity index (χ2n) is 9.79. The van der Waals surface area contributed by atoms with E-state index in [2.05, 4.69) is 9.97 Å². The summed E-state index contributed by atoms with van der Waals surface area (Å²) >= 11 is 0. The Kier molecular flexibility index (Phi) is 6.86. The summed E-state index contributed by atoms with van der Waals surface area (Å²) < 4.78 is 0. The van der Waals surface area contributed by atoms with Crippen LogP contribution >= 0.6 is 0 Å². The van der Waals surface area contributed by atoms with Crippen molar-refractivity contribution >= 4 is 95.5 Å². The van der Waals surface area contributed by atoms with E-state index in [1.54, 1.807) is 0 Å².